The van der Waals surface area contributed by atoms with Crippen LogP contribution in [0.4, 0.5) is 5.95 Å². The molecule has 0 bridgehead atoms. The highest BCUT2D eigenvalue weighted by molar-refractivity contribution is 5.95. The molecule has 6 nitrogen and oxygen atoms in total. The Balaban J connectivity index is 1.22. The SMILES string of the molecule is O=C(Nc1nc2c(OCCN3CCCC3)cccc2[nH]1)C1CC1c1ccccc1. The van der Waals surface area contributed by atoms with Crippen LogP contribution in [0.1, 0.15) is 30.7 Å². The van der Waals surface area contributed by atoms with Gasteiger partial charge in [0.05, 0.1) is 5.52 Å². The molecule has 1 aromatic heterocycles. The molecule has 2 heterocycles. The van der Waals surface area contributed by atoms with E-state index in [4.69, 9.17) is 4.74 Å². The number of H-pyrrole nitrogens is 1. The fourth-order valence-electron chi connectivity index (χ4n) is 4.24. The largest absolute Gasteiger partial charge is 0.490 e. The minimum atomic E-state index is 0.0155. The molecule has 1 aliphatic heterocycles. The van der Waals surface area contributed by atoms with Gasteiger partial charge in [-0.15, -0.1) is 0 Å². The first-order valence-electron chi connectivity index (χ1n) is 10.5. The second-order valence-electron chi connectivity index (χ2n) is 7.98. The van der Waals surface area contributed by atoms with Crippen LogP contribution in [0.3, 0.4) is 0 Å². The molecule has 0 radical (unpaired) electrons. The molecule has 2 aromatic carbocycles. The Morgan fingerprint density at radius 2 is 1.97 bits per heavy atom. The Labute approximate surface area is 170 Å². The molecule has 2 N–H and O–H groups in total. The van der Waals surface area contributed by atoms with Gasteiger partial charge in [-0.25, -0.2) is 4.98 Å². The van der Waals surface area contributed by atoms with Crippen molar-refractivity contribution in [2.45, 2.75) is 25.2 Å². The van der Waals surface area contributed by atoms with Crippen molar-refractivity contribution in [3.05, 3.63) is 54.1 Å². The number of anilines is 1. The van der Waals surface area contributed by atoms with Crippen LogP contribution in [0.2, 0.25) is 0 Å². The monoisotopic (exact) mass is 390 g/mol. The van der Waals surface area contributed by atoms with Crippen LogP contribution in [0.15, 0.2) is 48.5 Å². The molecule has 2 aliphatic rings. The van der Waals surface area contributed by atoms with Crippen molar-refractivity contribution in [3.63, 3.8) is 0 Å². The normalized spacial score (nSPS) is 21.4. The third-order valence-electron chi connectivity index (χ3n) is 5.94. The van der Waals surface area contributed by atoms with Crippen LogP contribution < -0.4 is 10.1 Å². The van der Waals surface area contributed by atoms with E-state index in [0.717, 1.165) is 42.8 Å². The number of amides is 1. The molecular formula is C23H26N4O2. The number of imidazole rings is 1. The Hall–Kier alpha value is -2.86. The first kappa shape index (κ1) is 18.2. The molecule has 1 saturated heterocycles. The second-order valence-corrected chi connectivity index (χ2v) is 7.98. The zero-order valence-corrected chi connectivity index (χ0v) is 16.4. The van der Waals surface area contributed by atoms with Crippen LogP contribution in [-0.4, -0.2) is 47.0 Å². The molecular weight excluding hydrogens is 364 g/mol. The predicted octanol–water partition coefficient (Wildman–Crippen LogP) is 3.78. The van der Waals surface area contributed by atoms with Gasteiger partial charge < -0.3 is 9.72 Å². The Morgan fingerprint density at radius 3 is 2.79 bits per heavy atom. The van der Waals surface area contributed by atoms with E-state index in [1.54, 1.807) is 0 Å². The molecule has 2 atom stereocenters. The zero-order chi connectivity index (χ0) is 19.6. The summed E-state index contributed by atoms with van der Waals surface area (Å²) in [7, 11) is 0. The molecule has 1 saturated carbocycles. The van der Waals surface area contributed by atoms with Crippen molar-refractivity contribution in [3.8, 4) is 5.75 Å². The number of carbonyl (C=O) groups excluding carboxylic acids is 1. The van der Waals surface area contributed by atoms with E-state index in [1.165, 1.54) is 18.4 Å². The van der Waals surface area contributed by atoms with Gasteiger partial charge in [-0.05, 0) is 56.0 Å². The number of likely N-dealkylation sites (tertiary alicyclic amines) is 1. The highest BCUT2D eigenvalue weighted by Crippen LogP contribution is 2.47. The average Bonchev–Trinajstić information content (AvgIpc) is 3.17. The molecule has 150 valence electrons. The number of ether oxygens (including phenoxy) is 1. The molecule has 0 spiro atoms. The number of carbonyl (C=O) groups is 1. The number of aromatic amines is 1. The standard InChI is InChI=1S/C23H26N4O2/c28-22(18-15-17(18)16-7-2-1-3-8-16)26-23-24-19-9-6-10-20(21(19)25-23)29-14-13-27-11-4-5-12-27/h1-3,6-10,17-18H,4-5,11-15H2,(H2,24,25,26,28). The van der Waals surface area contributed by atoms with Gasteiger partial charge in [0.25, 0.3) is 0 Å². The van der Waals surface area contributed by atoms with Crippen molar-refractivity contribution >= 4 is 22.9 Å². The summed E-state index contributed by atoms with van der Waals surface area (Å²) in [6, 6.07) is 16.1. The molecule has 2 fully saturated rings. The maximum atomic E-state index is 12.6. The molecule has 1 aliphatic carbocycles. The van der Waals surface area contributed by atoms with Crippen LogP contribution >= 0.6 is 0 Å². The lowest BCUT2D eigenvalue weighted by atomic mass is 10.1. The van der Waals surface area contributed by atoms with E-state index in [0.29, 0.717) is 18.5 Å². The van der Waals surface area contributed by atoms with Crippen molar-refractivity contribution < 1.29 is 9.53 Å². The van der Waals surface area contributed by atoms with E-state index in [-0.39, 0.29) is 11.8 Å². The van der Waals surface area contributed by atoms with Gasteiger partial charge in [-0.3, -0.25) is 15.0 Å². The first-order chi connectivity index (χ1) is 14.3. The second kappa shape index (κ2) is 7.87. The lowest BCUT2D eigenvalue weighted by Gasteiger charge is -2.14. The summed E-state index contributed by atoms with van der Waals surface area (Å²) in [5, 5.41) is 2.95. The van der Waals surface area contributed by atoms with Crippen molar-refractivity contribution in [1.29, 1.82) is 0 Å². The third-order valence-corrected chi connectivity index (χ3v) is 5.94. The molecule has 1 amide bonds. The summed E-state index contributed by atoms with van der Waals surface area (Å²) in [5.74, 6) is 1.59. The zero-order valence-electron chi connectivity index (χ0n) is 16.4. The lowest BCUT2D eigenvalue weighted by Crippen LogP contribution is -2.25. The summed E-state index contributed by atoms with van der Waals surface area (Å²) in [5.41, 5.74) is 2.86. The summed E-state index contributed by atoms with van der Waals surface area (Å²) in [6.07, 6.45) is 3.45. The molecule has 2 unspecified atom stereocenters. The quantitative estimate of drug-likeness (QED) is 0.644. The van der Waals surface area contributed by atoms with Crippen LogP contribution in [-0.2, 0) is 4.79 Å². The number of hydrogen-bond acceptors (Lipinski definition) is 4. The smallest absolute Gasteiger partial charge is 0.230 e. The number of para-hydroxylation sites is 1. The van der Waals surface area contributed by atoms with E-state index in [9.17, 15) is 4.79 Å². The van der Waals surface area contributed by atoms with Crippen LogP contribution in [0, 0.1) is 5.92 Å². The number of hydrogen-bond donors (Lipinski definition) is 2. The maximum absolute atomic E-state index is 12.6. The van der Waals surface area contributed by atoms with Gasteiger partial charge in [0, 0.05) is 12.5 Å². The Kier molecular flexibility index (Phi) is 4.94. The predicted molar refractivity (Wildman–Crippen MR) is 113 cm³/mol. The van der Waals surface area contributed by atoms with Crippen LogP contribution in [0.5, 0.6) is 5.75 Å². The van der Waals surface area contributed by atoms with E-state index in [2.05, 4.69) is 32.3 Å². The highest BCUT2D eigenvalue weighted by atomic mass is 16.5. The number of fused-ring (bicyclic) bond motifs is 1. The minimum absolute atomic E-state index is 0.0155. The number of rotatable bonds is 7. The van der Waals surface area contributed by atoms with Gasteiger partial charge in [0.1, 0.15) is 17.9 Å². The molecule has 3 aromatic rings. The number of nitrogens with zero attached hydrogens (tertiary/aromatic N) is 2. The summed E-state index contributed by atoms with van der Waals surface area (Å²) in [6.45, 7) is 3.91. The van der Waals surface area contributed by atoms with Crippen LogP contribution in [0.25, 0.3) is 11.0 Å². The fraction of sp³-hybridized carbons (Fsp3) is 0.391. The number of nitrogens with one attached hydrogen (secondary N) is 2. The summed E-state index contributed by atoms with van der Waals surface area (Å²) >= 11 is 0. The number of aromatic nitrogens is 2. The van der Waals surface area contributed by atoms with Gasteiger partial charge in [0.15, 0.2) is 0 Å². The first-order valence-corrected chi connectivity index (χ1v) is 10.5. The summed E-state index contributed by atoms with van der Waals surface area (Å²) < 4.78 is 6.00. The van der Waals surface area contributed by atoms with Crippen molar-refractivity contribution in [2.75, 3.05) is 31.6 Å². The third kappa shape index (κ3) is 3.98. The fourth-order valence-corrected chi connectivity index (χ4v) is 4.24. The van der Waals surface area contributed by atoms with Crippen molar-refractivity contribution in [1.82, 2.24) is 14.9 Å². The number of benzene rings is 2. The average molecular weight is 390 g/mol. The highest BCUT2D eigenvalue weighted by Gasteiger charge is 2.44. The lowest BCUT2D eigenvalue weighted by molar-refractivity contribution is -0.117. The van der Waals surface area contributed by atoms with E-state index in [1.807, 2.05) is 36.4 Å². The maximum Gasteiger partial charge on any atom is 0.230 e. The van der Waals surface area contributed by atoms with Gasteiger partial charge >= 0.3 is 0 Å². The van der Waals surface area contributed by atoms with Gasteiger partial charge in [-0.1, -0.05) is 36.4 Å². The van der Waals surface area contributed by atoms with E-state index >= 15 is 0 Å². The summed E-state index contributed by atoms with van der Waals surface area (Å²) in [4.78, 5) is 22.8. The molecule has 29 heavy (non-hydrogen) atoms. The minimum Gasteiger partial charge on any atom is -0.490 e. The molecule has 5 rings (SSSR count). The van der Waals surface area contributed by atoms with Crippen molar-refractivity contribution in [2.24, 2.45) is 5.92 Å². The van der Waals surface area contributed by atoms with E-state index < -0.39 is 0 Å². The Morgan fingerprint density at radius 1 is 1.14 bits per heavy atom. The Bertz CT molecular complexity index is 995. The van der Waals surface area contributed by atoms with Gasteiger partial charge in [0.2, 0.25) is 11.9 Å². The molecule has 6 heteroatoms. The van der Waals surface area contributed by atoms with Gasteiger partial charge in [-0.2, -0.15) is 0 Å². The topological polar surface area (TPSA) is 70.2 Å².